The average molecular weight is 389 g/mol. The summed E-state index contributed by atoms with van der Waals surface area (Å²) in [7, 11) is 0. The van der Waals surface area contributed by atoms with E-state index in [4.69, 9.17) is 9.47 Å². The van der Waals surface area contributed by atoms with Gasteiger partial charge in [0.05, 0.1) is 0 Å². The van der Waals surface area contributed by atoms with E-state index in [0.29, 0.717) is 6.79 Å². The van der Waals surface area contributed by atoms with E-state index in [2.05, 4.69) is 11.0 Å². The summed E-state index contributed by atoms with van der Waals surface area (Å²) in [5.74, 6) is 1.73. The molecule has 1 fully saturated rings. The van der Waals surface area contributed by atoms with Crippen LogP contribution in [-0.4, -0.2) is 53.2 Å². The first-order valence-corrected chi connectivity index (χ1v) is 9.90. The van der Waals surface area contributed by atoms with Crippen LogP contribution in [0.4, 0.5) is 0 Å². The summed E-state index contributed by atoms with van der Waals surface area (Å²) in [5, 5.41) is 0. The number of rotatable bonds is 4. The lowest BCUT2D eigenvalue weighted by Crippen LogP contribution is -2.48. The number of hydrogen-bond acceptors (Lipinski definition) is 4. The summed E-state index contributed by atoms with van der Waals surface area (Å²) >= 11 is 0. The van der Waals surface area contributed by atoms with Crippen LogP contribution in [0.3, 0.4) is 0 Å². The quantitative estimate of drug-likeness (QED) is 0.688. The lowest BCUT2D eigenvalue weighted by atomic mass is 10.1. The summed E-state index contributed by atoms with van der Waals surface area (Å²) in [6.45, 7) is 4.35. The summed E-state index contributed by atoms with van der Waals surface area (Å²) in [4.78, 5) is 17.2. The van der Waals surface area contributed by atoms with Crippen LogP contribution >= 0.6 is 0 Å². The summed E-state index contributed by atoms with van der Waals surface area (Å²) in [5.41, 5.74) is 3.00. The highest BCUT2D eigenvalue weighted by Crippen LogP contribution is 2.32. The zero-order valence-corrected chi connectivity index (χ0v) is 16.2. The topological polar surface area (TPSA) is 46.9 Å². The number of ether oxygens (including phenoxy) is 2. The van der Waals surface area contributed by atoms with Crippen LogP contribution in [0.15, 0.2) is 67.0 Å². The highest BCUT2D eigenvalue weighted by molar-refractivity contribution is 5.94. The van der Waals surface area contributed by atoms with Crippen molar-refractivity contribution in [3.63, 3.8) is 0 Å². The van der Waals surface area contributed by atoms with Crippen LogP contribution in [0.1, 0.15) is 15.9 Å². The molecular formula is C23H23N3O3. The Morgan fingerprint density at radius 2 is 1.59 bits per heavy atom. The molecule has 0 unspecified atom stereocenters. The highest BCUT2D eigenvalue weighted by Gasteiger charge is 2.23. The molecule has 6 heteroatoms. The van der Waals surface area contributed by atoms with Crippen molar-refractivity contribution in [2.75, 3.05) is 33.0 Å². The fourth-order valence-electron chi connectivity index (χ4n) is 3.87. The van der Waals surface area contributed by atoms with Gasteiger partial charge < -0.3 is 18.9 Å². The van der Waals surface area contributed by atoms with Crippen molar-refractivity contribution in [2.45, 2.75) is 6.54 Å². The maximum absolute atomic E-state index is 12.9. The molecule has 0 N–H and O–H groups in total. The predicted octanol–water partition coefficient (Wildman–Crippen LogP) is 3.16. The molecule has 0 atom stereocenters. The van der Waals surface area contributed by atoms with Crippen LogP contribution in [-0.2, 0) is 6.54 Å². The molecule has 1 aromatic heterocycles. The van der Waals surface area contributed by atoms with Crippen LogP contribution in [0, 0.1) is 0 Å². The van der Waals surface area contributed by atoms with Crippen molar-refractivity contribution in [2.24, 2.45) is 0 Å². The molecule has 0 radical (unpaired) electrons. The van der Waals surface area contributed by atoms with Crippen LogP contribution in [0.5, 0.6) is 11.5 Å². The fourth-order valence-corrected chi connectivity index (χ4v) is 3.87. The van der Waals surface area contributed by atoms with Gasteiger partial charge in [0.25, 0.3) is 5.91 Å². The Hall–Kier alpha value is -3.25. The molecule has 3 heterocycles. The second kappa shape index (κ2) is 7.64. The maximum atomic E-state index is 12.9. The molecule has 3 aromatic rings. The van der Waals surface area contributed by atoms with Crippen molar-refractivity contribution < 1.29 is 14.3 Å². The number of benzene rings is 2. The number of carbonyl (C=O) groups is 1. The molecule has 29 heavy (non-hydrogen) atoms. The minimum absolute atomic E-state index is 0.104. The van der Waals surface area contributed by atoms with E-state index in [1.165, 1.54) is 5.56 Å². The smallest absolute Gasteiger partial charge is 0.253 e. The third-order valence-corrected chi connectivity index (χ3v) is 5.52. The molecule has 5 rings (SSSR count). The zero-order valence-electron chi connectivity index (χ0n) is 16.2. The molecule has 1 saturated heterocycles. The Bertz CT molecular complexity index is 991. The number of aromatic nitrogens is 1. The third kappa shape index (κ3) is 3.71. The lowest BCUT2D eigenvalue weighted by Gasteiger charge is -2.34. The summed E-state index contributed by atoms with van der Waals surface area (Å²) < 4.78 is 12.9. The Morgan fingerprint density at radius 3 is 2.34 bits per heavy atom. The van der Waals surface area contributed by atoms with Gasteiger partial charge in [0, 0.05) is 56.4 Å². The number of nitrogens with zero attached hydrogens (tertiary/aromatic N) is 3. The molecule has 0 saturated carbocycles. The van der Waals surface area contributed by atoms with Crippen molar-refractivity contribution in [1.82, 2.24) is 14.4 Å². The molecule has 2 aliphatic heterocycles. The Labute approximate surface area is 169 Å². The first-order valence-electron chi connectivity index (χ1n) is 9.90. The molecule has 6 nitrogen and oxygen atoms in total. The normalized spacial score (nSPS) is 16.2. The third-order valence-electron chi connectivity index (χ3n) is 5.52. The number of hydrogen-bond donors (Lipinski definition) is 0. The van der Waals surface area contributed by atoms with Gasteiger partial charge in [-0.1, -0.05) is 6.07 Å². The van der Waals surface area contributed by atoms with Gasteiger partial charge in [-0.25, -0.2) is 0 Å². The number of amides is 1. The monoisotopic (exact) mass is 389 g/mol. The van der Waals surface area contributed by atoms with Gasteiger partial charge in [0.2, 0.25) is 6.79 Å². The van der Waals surface area contributed by atoms with Crippen molar-refractivity contribution in [3.8, 4) is 17.2 Å². The average Bonchev–Trinajstić information content (AvgIpc) is 3.46. The Balaban J connectivity index is 1.17. The van der Waals surface area contributed by atoms with E-state index in [9.17, 15) is 4.79 Å². The summed E-state index contributed by atoms with van der Waals surface area (Å²) in [6.07, 6.45) is 3.99. The van der Waals surface area contributed by atoms with Gasteiger partial charge in [-0.3, -0.25) is 9.69 Å². The molecule has 2 aromatic carbocycles. The van der Waals surface area contributed by atoms with E-state index in [1.54, 1.807) is 0 Å². The molecule has 148 valence electrons. The molecular weight excluding hydrogens is 366 g/mol. The van der Waals surface area contributed by atoms with Crippen LogP contribution in [0.2, 0.25) is 0 Å². The number of fused-ring (bicyclic) bond motifs is 1. The van der Waals surface area contributed by atoms with Gasteiger partial charge in [0.1, 0.15) is 0 Å². The first-order chi connectivity index (χ1) is 14.3. The fraction of sp³-hybridized carbons (Fsp3) is 0.261. The van der Waals surface area contributed by atoms with E-state index >= 15 is 0 Å². The molecule has 2 aliphatic rings. The second-order valence-electron chi connectivity index (χ2n) is 7.39. The van der Waals surface area contributed by atoms with Gasteiger partial charge >= 0.3 is 0 Å². The molecule has 0 spiro atoms. The van der Waals surface area contributed by atoms with Crippen LogP contribution < -0.4 is 9.47 Å². The van der Waals surface area contributed by atoms with E-state index in [-0.39, 0.29) is 5.91 Å². The minimum atomic E-state index is 0.104. The van der Waals surface area contributed by atoms with Crippen LogP contribution in [0.25, 0.3) is 5.69 Å². The standard InChI is InChI=1S/C23H23N3O3/c27-23(19-4-6-20(7-5-19)25-9-1-2-10-25)26-13-11-24(12-14-26)16-18-3-8-21-22(15-18)29-17-28-21/h1-10,15H,11-14,16-17H2. The number of carbonyl (C=O) groups excluding carboxylic acids is 1. The number of piperazine rings is 1. The van der Waals surface area contributed by atoms with Gasteiger partial charge in [-0.05, 0) is 54.1 Å². The molecule has 0 bridgehead atoms. The van der Waals surface area contributed by atoms with E-state index < -0.39 is 0 Å². The largest absolute Gasteiger partial charge is 0.454 e. The van der Waals surface area contributed by atoms with E-state index in [0.717, 1.165) is 55.5 Å². The lowest BCUT2D eigenvalue weighted by molar-refractivity contribution is 0.0628. The minimum Gasteiger partial charge on any atom is -0.454 e. The molecule has 0 aliphatic carbocycles. The van der Waals surface area contributed by atoms with Gasteiger partial charge in [-0.15, -0.1) is 0 Å². The highest BCUT2D eigenvalue weighted by atomic mass is 16.7. The summed E-state index contributed by atoms with van der Waals surface area (Å²) in [6, 6.07) is 17.9. The Morgan fingerprint density at radius 1 is 0.862 bits per heavy atom. The van der Waals surface area contributed by atoms with Crippen molar-refractivity contribution in [3.05, 3.63) is 78.1 Å². The second-order valence-corrected chi connectivity index (χ2v) is 7.39. The maximum Gasteiger partial charge on any atom is 0.253 e. The zero-order chi connectivity index (χ0) is 19.6. The molecule has 1 amide bonds. The SMILES string of the molecule is O=C(c1ccc(-n2cccc2)cc1)N1CCN(Cc2ccc3c(c2)OCO3)CC1. The van der Waals surface area contributed by atoms with Crippen molar-refractivity contribution in [1.29, 1.82) is 0 Å². The van der Waals surface area contributed by atoms with Crippen molar-refractivity contribution >= 4 is 5.91 Å². The van der Waals surface area contributed by atoms with Gasteiger partial charge in [-0.2, -0.15) is 0 Å². The van der Waals surface area contributed by atoms with Gasteiger partial charge in [0.15, 0.2) is 11.5 Å². The first kappa shape index (κ1) is 17.8. The predicted molar refractivity (Wildman–Crippen MR) is 110 cm³/mol. The van der Waals surface area contributed by atoms with E-state index in [1.807, 2.05) is 70.4 Å². The Kier molecular flexibility index (Phi) is 4.69.